The minimum atomic E-state index is 0.262. The Bertz CT molecular complexity index is 269. The highest BCUT2D eigenvalue weighted by atomic mass is 35.5. The van der Waals surface area contributed by atoms with Crippen molar-refractivity contribution in [3.05, 3.63) is 16.0 Å². The number of aromatic amines is 1. The minimum absolute atomic E-state index is 0.262. The van der Waals surface area contributed by atoms with E-state index in [0.29, 0.717) is 9.79 Å². The third-order valence-electron chi connectivity index (χ3n) is 0.782. The van der Waals surface area contributed by atoms with Crippen molar-refractivity contribution in [3.8, 4) is 0 Å². The van der Waals surface area contributed by atoms with Gasteiger partial charge in [-0.3, -0.25) is 0 Å². The highest BCUT2D eigenvalue weighted by Gasteiger charge is 1.90. The molecule has 1 rings (SSSR count). The molecule has 5 heteroatoms. The lowest BCUT2D eigenvalue weighted by Crippen LogP contribution is -1.92. The van der Waals surface area contributed by atoms with Gasteiger partial charge in [-0.05, 0) is 0 Å². The van der Waals surface area contributed by atoms with E-state index in [9.17, 15) is 0 Å². The smallest absolute Gasteiger partial charge is 0.160 e. The molecule has 0 saturated carbocycles. The lowest BCUT2D eigenvalue weighted by atomic mass is 10.7. The van der Waals surface area contributed by atoms with Crippen LogP contribution in [0.5, 0.6) is 0 Å². The molecular weight excluding hydrogens is 158 g/mol. The molecule has 3 nitrogen and oxygen atoms in total. The van der Waals surface area contributed by atoms with Crippen LogP contribution in [-0.4, -0.2) is 9.97 Å². The summed E-state index contributed by atoms with van der Waals surface area (Å²) >= 11 is 10.2. The Hall–Kier alpha value is -0.610. The highest BCUT2D eigenvalue weighted by Crippen LogP contribution is 2.04. The van der Waals surface area contributed by atoms with Gasteiger partial charge in [0.15, 0.2) is 5.82 Å². The molecule has 3 N–H and O–H groups in total. The molecule has 0 aromatic carbocycles. The zero-order valence-corrected chi connectivity index (χ0v) is 5.96. The molecule has 0 saturated heterocycles. The summed E-state index contributed by atoms with van der Waals surface area (Å²) in [5.74, 6) is 0.262. The summed E-state index contributed by atoms with van der Waals surface area (Å²) in [6.07, 6.45) is 1.49. The Morgan fingerprint density at radius 3 is 2.89 bits per heavy atom. The largest absolute Gasteiger partial charge is 0.381 e. The topological polar surface area (TPSA) is 54.7 Å². The Labute approximate surface area is 61.9 Å². The van der Waals surface area contributed by atoms with Crippen LogP contribution in [0.15, 0.2) is 6.20 Å². The number of rotatable bonds is 0. The van der Waals surface area contributed by atoms with Crippen molar-refractivity contribution >= 4 is 29.6 Å². The fourth-order valence-electron chi connectivity index (χ4n) is 0.397. The molecule has 0 bridgehead atoms. The molecule has 0 spiro atoms. The second-order valence-corrected chi connectivity index (χ2v) is 2.23. The first-order valence-corrected chi connectivity index (χ1v) is 2.99. The van der Waals surface area contributed by atoms with Crippen molar-refractivity contribution in [2.45, 2.75) is 0 Å². The fourth-order valence-corrected chi connectivity index (χ4v) is 0.647. The molecule has 0 radical (unpaired) electrons. The second kappa shape index (κ2) is 2.33. The SMILES string of the molecule is Nc1nc(Cl)c[nH]c1=S. The first-order valence-electron chi connectivity index (χ1n) is 2.21. The Kier molecular flexibility index (Phi) is 1.68. The molecule has 0 aliphatic rings. The monoisotopic (exact) mass is 161 g/mol. The predicted octanol–water partition coefficient (Wildman–Crippen LogP) is 1.37. The molecular formula is C4H4ClN3S. The van der Waals surface area contributed by atoms with Crippen LogP contribution in [-0.2, 0) is 0 Å². The first kappa shape index (κ1) is 6.51. The number of aromatic nitrogens is 2. The Morgan fingerprint density at radius 1 is 1.78 bits per heavy atom. The summed E-state index contributed by atoms with van der Waals surface area (Å²) < 4.78 is 0.416. The molecule has 1 aromatic heterocycles. The van der Waals surface area contributed by atoms with E-state index >= 15 is 0 Å². The summed E-state index contributed by atoms with van der Waals surface area (Å²) in [6, 6.07) is 0. The van der Waals surface area contributed by atoms with Crippen molar-refractivity contribution in [3.63, 3.8) is 0 Å². The number of nitrogens with zero attached hydrogens (tertiary/aromatic N) is 1. The summed E-state index contributed by atoms with van der Waals surface area (Å²) in [5, 5.41) is 0.320. The van der Waals surface area contributed by atoms with Crippen LogP contribution in [0.25, 0.3) is 0 Å². The van der Waals surface area contributed by atoms with Gasteiger partial charge >= 0.3 is 0 Å². The van der Waals surface area contributed by atoms with Gasteiger partial charge in [0, 0.05) is 6.20 Å². The average Bonchev–Trinajstić information content (AvgIpc) is 1.80. The van der Waals surface area contributed by atoms with Crippen molar-refractivity contribution in [2.75, 3.05) is 5.73 Å². The normalized spacial score (nSPS) is 9.44. The first-order chi connectivity index (χ1) is 4.20. The van der Waals surface area contributed by atoms with Gasteiger partial charge < -0.3 is 10.7 Å². The predicted molar refractivity (Wildman–Crippen MR) is 38.8 cm³/mol. The van der Waals surface area contributed by atoms with Gasteiger partial charge in [0.25, 0.3) is 0 Å². The van der Waals surface area contributed by atoms with E-state index in [1.54, 1.807) is 0 Å². The molecule has 0 atom stereocenters. The Balaban J connectivity index is 3.34. The van der Waals surface area contributed by atoms with E-state index in [2.05, 4.69) is 9.97 Å². The van der Waals surface area contributed by atoms with E-state index in [0.717, 1.165) is 0 Å². The maximum Gasteiger partial charge on any atom is 0.160 e. The molecule has 0 fully saturated rings. The Morgan fingerprint density at radius 2 is 2.44 bits per heavy atom. The van der Waals surface area contributed by atoms with E-state index in [-0.39, 0.29) is 5.82 Å². The molecule has 0 aliphatic heterocycles. The standard InChI is InChI=1S/C4H4ClN3S/c5-2-1-7-4(9)3(6)8-2/h1H,(H2,6,8)(H,7,9). The molecule has 0 aliphatic carbocycles. The van der Waals surface area contributed by atoms with Gasteiger partial charge in [0.1, 0.15) is 9.79 Å². The molecule has 1 heterocycles. The maximum atomic E-state index is 5.45. The number of hydrogen-bond donors (Lipinski definition) is 2. The van der Waals surface area contributed by atoms with Crippen LogP contribution in [0.3, 0.4) is 0 Å². The number of nitrogens with one attached hydrogen (secondary N) is 1. The molecule has 48 valence electrons. The van der Waals surface area contributed by atoms with Gasteiger partial charge in [-0.2, -0.15) is 0 Å². The molecule has 0 unspecified atom stereocenters. The van der Waals surface area contributed by atoms with E-state index < -0.39 is 0 Å². The lowest BCUT2D eigenvalue weighted by Gasteiger charge is -1.90. The zero-order valence-electron chi connectivity index (χ0n) is 4.39. The molecule has 9 heavy (non-hydrogen) atoms. The van der Waals surface area contributed by atoms with Gasteiger partial charge in [-0.15, -0.1) is 0 Å². The third-order valence-corrected chi connectivity index (χ3v) is 1.30. The van der Waals surface area contributed by atoms with Crippen molar-refractivity contribution in [2.24, 2.45) is 0 Å². The maximum absolute atomic E-state index is 5.45. The number of nitrogens with two attached hydrogens (primary N) is 1. The van der Waals surface area contributed by atoms with Gasteiger partial charge in [0.05, 0.1) is 0 Å². The number of halogens is 1. The summed E-state index contributed by atoms with van der Waals surface area (Å²) in [4.78, 5) is 6.34. The van der Waals surface area contributed by atoms with Gasteiger partial charge in [0.2, 0.25) is 0 Å². The second-order valence-electron chi connectivity index (χ2n) is 1.44. The van der Waals surface area contributed by atoms with E-state index in [1.165, 1.54) is 6.20 Å². The van der Waals surface area contributed by atoms with Crippen LogP contribution in [0.1, 0.15) is 0 Å². The molecule has 0 amide bonds. The van der Waals surface area contributed by atoms with E-state index in [4.69, 9.17) is 29.6 Å². The van der Waals surface area contributed by atoms with Gasteiger partial charge in [-0.25, -0.2) is 4.98 Å². The number of hydrogen-bond acceptors (Lipinski definition) is 3. The quantitative estimate of drug-likeness (QED) is 0.566. The lowest BCUT2D eigenvalue weighted by molar-refractivity contribution is 1.19. The van der Waals surface area contributed by atoms with Crippen LogP contribution in [0.2, 0.25) is 5.15 Å². The van der Waals surface area contributed by atoms with Crippen LogP contribution < -0.4 is 5.73 Å². The summed E-state index contributed by atoms with van der Waals surface area (Å²) in [5.41, 5.74) is 5.29. The van der Waals surface area contributed by atoms with Crippen LogP contribution in [0, 0.1) is 4.64 Å². The highest BCUT2D eigenvalue weighted by molar-refractivity contribution is 7.71. The number of H-pyrrole nitrogens is 1. The third kappa shape index (κ3) is 1.40. The molecule has 1 aromatic rings. The zero-order chi connectivity index (χ0) is 6.85. The van der Waals surface area contributed by atoms with Crippen molar-refractivity contribution < 1.29 is 0 Å². The van der Waals surface area contributed by atoms with Crippen LogP contribution in [0.4, 0.5) is 5.82 Å². The summed E-state index contributed by atoms with van der Waals surface area (Å²) in [6.45, 7) is 0. The average molecular weight is 162 g/mol. The number of anilines is 1. The fraction of sp³-hybridized carbons (Fsp3) is 0. The minimum Gasteiger partial charge on any atom is -0.381 e. The van der Waals surface area contributed by atoms with Crippen LogP contribution >= 0.6 is 23.8 Å². The van der Waals surface area contributed by atoms with Gasteiger partial charge in [-0.1, -0.05) is 23.8 Å². The summed E-state index contributed by atoms with van der Waals surface area (Å²) in [7, 11) is 0. The van der Waals surface area contributed by atoms with Crippen molar-refractivity contribution in [1.29, 1.82) is 0 Å². The van der Waals surface area contributed by atoms with E-state index in [1.807, 2.05) is 0 Å². The van der Waals surface area contributed by atoms with Crippen molar-refractivity contribution in [1.82, 2.24) is 9.97 Å². The number of nitrogen functional groups attached to an aromatic ring is 1.